The van der Waals surface area contributed by atoms with Crippen molar-refractivity contribution in [3.8, 4) is 5.75 Å². The Morgan fingerprint density at radius 2 is 1.62 bits per heavy atom. The van der Waals surface area contributed by atoms with Gasteiger partial charge in [0.15, 0.2) is 0 Å². The number of benzene rings is 1. The number of rotatable bonds is 8. The monoisotopic (exact) mass is 292 g/mol. The fourth-order valence-electron chi connectivity index (χ4n) is 2.61. The fraction of sp³-hybridized carbons (Fsp3) is 0.684. The Bertz CT molecular complexity index is 458. The molecule has 0 N–H and O–H groups in total. The van der Waals surface area contributed by atoms with Gasteiger partial charge in [-0.3, -0.25) is 0 Å². The molecule has 0 aliphatic heterocycles. The molecule has 0 atom stereocenters. The summed E-state index contributed by atoms with van der Waals surface area (Å²) >= 11 is 0. The van der Waals surface area contributed by atoms with E-state index in [0.717, 1.165) is 29.8 Å². The van der Waals surface area contributed by atoms with E-state index >= 15 is 0 Å². The summed E-state index contributed by atoms with van der Waals surface area (Å²) < 4.78 is 7.06. The van der Waals surface area contributed by atoms with E-state index in [1.54, 1.807) is 0 Å². The van der Waals surface area contributed by atoms with E-state index in [1.807, 2.05) is 0 Å². The number of nitrogens with zero attached hydrogens (tertiary/aromatic N) is 1. The molecule has 0 spiro atoms. The van der Waals surface area contributed by atoms with Gasteiger partial charge in [0, 0.05) is 0 Å². The topological polar surface area (TPSA) is 9.23 Å². The molecule has 0 aliphatic carbocycles. The van der Waals surface area contributed by atoms with Crippen LogP contribution >= 0.6 is 0 Å². The van der Waals surface area contributed by atoms with Gasteiger partial charge in [-0.15, -0.1) is 0 Å². The lowest BCUT2D eigenvalue weighted by molar-refractivity contribution is -0.884. The second kappa shape index (κ2) is 7.84. The SMILES string of the molecule is CCCCCCOc1cc(C)c(C)c(C)c1C[N+](C)(C)C. The van der Waals surface area contributed by atoms with Gasteiger partial charge >= 0.3 is 0 Å². The number of hydrogen-bond acceptors (Lipinski definition) is 1. The van der Waals surface area contributed by atoms with E-state index < -0.39 is 0 Å². The lowest BCUT2D eigenvalue weighted by Crippen LogP contribution is -2.34. The summed E-state index contributed by atoms with van der Waals surface area (Å²) in [6.07, 6.45) is 5.01. The van der Waals surface area contributed by atoms with Crippen LogP contribution in [-0.4, -0.2) is 32.2 Å². The van der Waals surface area contributed by atoms with E-state index in [9.17, 15) is 0 Å². The first-order chi connectivity index (χ1) is 9.76. The van der Waals surface area contributed by atoms with Crippen LogP contribution < -0.4 is 4.74 Å². The highest BCUT2D eigenvalue weighted by atomic mass is 16.5. The van der Waals surface area contributed by atoms with E-state index in [-0.39, 0.29) is 0 Å². The Morgan fingerprint density at radius 3 is 2.19 bits per heavy atom. The van der Waals surface area contributed by atoms with Gasteiger partial charge < -0.3 is 9.22 Å². The summed E-state index contributed by atoms with van der Waals surface area (Å²) in [7, 11) is 6.71. The third kappa shape index (κ3) is 5.70. The van der Waals surface area contributed by atoms with E-state index in [4.69, 9.17) is 4.74 Å². The van der Waals surface area contributed by atoms with Crippen LogP contribution in [0.1, 0.15) is 54.9 Å². The molecule has 0 saturated heterocycles. The molecule has 1 rings (SSSR count). The molecular formula is C19H34NO+. The molecule has 0 radical (unpaired) electrons. The summed E-state index contributed by atoms with van der Waals surface area (Å²) in [5.74, 6) is 1.10. The van der Waals surface area contributed by atoms with Crippen LogP contribution in [0, 0.1) is 20.8 Å². The van der Waals surface area contributed by atoms with Gasteiger partial charge in [-0.1, -0.05) is 26.2 Å². The van der Waals surface area contributed by atoms with Crippen molar-refractivity contribution in [2.75, 3.05) is 27.7 Å². The Labute approximate surface area is 131 Å². The highest BCUT2D eigenvalue weighted by molar-refractivity contribution is 5.48. The van der Waals surface area contributed by atoms with Crippen LogP contribution in [0.2, 0.25) is 0 Å². The number of aryl methyl sites for hydroxylation is 1. The molecule has 21 heavy (non-hydrogen) atoms. The molecule has 0 amide bonds. The van der Waals surface area contributed by atoms with Gasteiger partial charge in [-0.25, -0.2) is 0 Å². The first kappa shape index (κ1) is 18.0. The molecule has 0 fully saturated rings. The van der Waals surface area contributed by atoms with Crippen LogP contribution in [0.25, 0.3) is 0 Å². The predicted octanol–water partition coefficient (Wildman–Crippen LogP) is 4.78. The van der Waals surface area contributed by atoms with Crippen LogP contribution in [0.5, 0.6) is 5.75 Å². The summed E-state index contributed by atoms with van der Waals surface area (Å²) in [6.45, 7) is 10.7. The molecule has 0 bridgehead atoms. The largest absolute Gasteiger partial charge is 0.493 e. The van der Waals surface area contributed by atoms with E-state index in [0.29, 0.717) is 0 Å². The summed E-state index contributed by atoms with van der Waals surface area (Å²) in [4.78, 5) is 0. The van der Waals surface area contributed by atoms with Gasteiger partial charge in [-0.2, -0.15) is 0 Å². The minimum absolute atomic E-state index is 0.839. The predicted molar refractivity (Wildman–Crippen MR) is 92.0 cm³/mol. The van der Waals surface area contributed by atoms with Crippen molar-refractivity contribution >= 4 is 0 Å². The van der Waals surface area contributed by atoms with Crippen molar-refractivity contribution in [2.45, 2.75) is 59.9 Å². The fourth-order valence-corrected chi connectivity index (χ4v) is 2.61. The maximum atomic E-state index is 6.14. The molecule has 0 aliphatic rings. The quantitative estimate of drug-likeness (QED) is 0.495. The van der Waals surface area contributed by atoms with E-state index in [2.05, 4.69) is 54.9 Å². The first-order valence-electron chi connectivity index (χ1n) is 8.29. The molecule has 0 aromatic heterocycles. The Kier molecular flexibility index (Phi) is 6.73. The first-order valence-corrected chi connectivity index (χ1v) is 8.29. The standard InChI is InChI=1S/C19H34NO/c1-8-9-10-11-12-21-19-13-15(2)16(3)17(4)18(19)14-20(5,6)7/h13H,8-12,14H2,1-7H3/q+1. The average Bonchev–Trinajstić information content (AvgIpc) is 2.39. The lowest BCUT2D eigenvalue weighted by Gasteiger charge is -2.27. The maximum absolute atomic E-state index is 6.14. The number of ether oxygens (including phenoxy) is 1. The smallest absolute Gasteiger partial charge is 0.128 e. The molecule has 1 aromatic carbocycles. The lowest BCUT2D eigenvalue weighted by atomic mass is 9.97. The minimum Gasteiger partial charge on any atom is -0.493 e. The highest BCUT2D eigenvalue weighted by Crippen LogP contribution is 2.30. The average molecular weight is 292 g/mol. The number of hydrogen-bond donors (Lipinski definition) is 0. The van der Waals surface area contributed by atoms with Gasteiger partial charge in [0.1, 0.15) is 12.3 Å². The molecule has 0 saturated carbocycles. The third-order valence-electron chi connectivity index (χ3n) is 4.14. The highest BCUT2D eigenvalue weighted by Gasteiger charge is 2.18. The summed E-state index contributed by atoms with van der Waals surface area (Å²) in [5, 5.41) is 0. The van der Waals surface area contributed by atoms with Gasteiger partial charge in [-0.05, 0) is 49.9 Å². The molecule has 0 unspecified atom stereocenters. The van der Waals surface area contributed by atoms with E-state index in [1.165, 1.54) is 41.5 Å². The Hall–Kier alpha value is -1.02. The van der Waals surface area contributed by atoms with Crippen LogP contribution in [0.3, 0.4) is 0 Å². The van der Waals surface area contributed by atoms with Crippen LogP contribution in [-0.2, 0) is 6.54 Å². The second-order valence-corrected chi connectivity index (χ2v) is 7.28. The van der Waals surface area contributed by atoms with Crippen molar-refractivity contribution in [2.24, 2.45) is 0 Å². The maximum Gasteiger partial charge on any atom is 0.128 e. The molecular weight excluding hydrogens is 258 g/mol. The second-order valence-electron chi connectivity index (χ2n) is 7.28. The number of quaternary nitrogens is 1. The molecule has 120 valence electrons. The van der Waals surface area contributed by atoms with Gasteiger partial charge in [0.25, 0.3) is 0 Å². The van der Waals surface area contributed by atoms with Crippen LogP contribution in [0.15, 0.2) is 6.07 Å². The van der Waals surface area contributed by atoms with Crippen molar-refractivity contribution in [1.82, 2.24) is 0 Å². The zero-order chi connectivity index (χ0) is 16.0. The summed E-state index contributed by atoms with van der Waals surface area (Å²) in [5.41, 5.74) is 5.51. The van der Waals surface area contributed by atoms with Crippen molar-refractivity contribution in [3.05, 3.63) is 28.3 Å². The van der Waals surface area contributed by atoms with Gasteiger partial charge in [0.05, 0.1) is 33.3 Å². The van der Waals surface area contributed by atoms with Gasteiger partial charge in [0.2, 0.25) is 0 Å². The Balaban J connectivity index is 2.90. The van der Waals surface area contributed by atoms with Crippen molar-refractivity contribution in [1.29, 1.82) is 0 Å². The third-order valence-corrected chi connectivity index (χ3v) is 4.14. The Morgan fingerprint density at radius 1 is 0.952 bits per heavy atom. The molecule has 1 aromatic rings. The minimum atomic E-state index is 0.839. The summed E-state index contributed by atoms with van der Waals surface area (Å²) in [6, 6.07) is 2.23. The zero-order valence-electron chi connectivity index (χ0n) is 15.2. The van der Waals surface area contributed by atoms with Crippen LogP contribution in [0.4, 0.5) is 0 Å². The number of unbranched alkanes of at least 4 members (excludes halogenated alkanes) is 3. The molecule has 2 nitrogen and oxygen atoms in total. The van der Waals surface area contributed by atoms with Crippen molar-refractivity contribution < 1.29 is 9.22 Å². The zero-order valence-corrected chi connectivity index (χ0v) is 15.2. The molecule has 2 heteroatoms. The normalized spacial score (nSPS) is 11.8. The van der Waals surface area contributed by atoms with Crippen molar-refractivity contribution in [3.63, 3.8) is 0 Å². The molecule has 0 heterocycles.